The molecule has 6 heteroatoms. The number of rotatable bonds is 2. The lowest BCUT2D eigenvalue weighted by Crippen LogP contribution is -2.45. The molecule has 2 aliphatic heterocycles. The van der Waals surface area contributed by atoms with Crippen molar-refractivity contribution in [2.24, 2.45) is 5.41 Å². The Balaban J connectivity index is 1.84. The number of halogens is 2. The fraction of sp³-hybridized carbons (Fsp3) is 0.909. The summed E-state index contributed by atoms with van der Waals surface area (Å²) in [6, 6.07) is 0. The number of amides is 1. The van der Waals surface area contributed by atoms with Crippen LogP contribution in [-0.4, -0.2) is 55.0 Å². The molecule has 0 radical (unpaired) electrons. The lowest BCUT2D eigenvalue weighted by atomic mass is 9.78. The van der Waals surface area contributed by atoms with Crippen molar-refractivity contribution in [2.75, 3.05) is 32.7 Å². The molecular formula is C11H17F2N2O2-. The van der Waals surface area contributed by atoms with Crippen LogP contribution in [0.15, 0.2) is 0 Å². The van der Waals surface area contributed by atoms with Gasteiger partial charge < -0.3 is 14.8 Å². The maximum atomic E-state index is 12.2. The number of piperidine rings is 1. The topological polar surface area (TPSA) is 46.6 Å². The van der Waals surface area contributed by atoms with Gasteiger partial charge in [0, 0.05) is 13.1 Å². The molecule has 2 saturated heterocycles. The molecule has 4 nitrogen and oxygen atoms in total. The van der Waals surface area contributed by atoms with Gasteiger partial charge in [-0.15, -0.1) is 0 Å². The van der Waals surface area contributed by atoms with Crippen LogP contribution in [0.5, 0.6) is 0 Å². The van der Waals surface area contributed by atoms with Crippen molar-refractivity contribution in [3.63, 3.8) is 0 Å². The SMILES string of the molecule is O=C([O-])N1CCC2(CCN(CC(F)F)CC2)C1. The van der Waals surface area contributed by atoms with Gasteiger partial charge in [-0.2, -0.15) is 0 Å². The van der Waals surface area contributed by atoms with E-state index < -0.39 is 12.5 Å². The molecule has 0 N–H and O–H groups in total. The van der Waals surface area contributed by atoms with Gasteiger partial charge in [0.05, 0.1) is 6.54 Å². The summed E-state index contributed by atoms with van der Waals surface area (Å²) in [4.78, 5) is 13.8. The molecule has 2 fully saturated rings. The van der Waals surface area contributed by atoms with E-state index in [1.165, 1.54) is 4.90 Å². The Kier molecular flexibility index (Phi) is 3.51. The van der Waals surface area contributed by atoms with Crippen LogP contribution in [0, 0.1) is 5.41 Å². The smallest absolute Gasteiger partial charge is 0.251 e. The molecule has 0 unspecified atom stereocenters. The van der Waals surface area contributed by atoms with Crippen LogP contribution >= 0.6 is 0 Å². The molecule has 0 atom stereocenters. The second kappa shape index (κ2) is 4.76. The number of carbonyl (C=O) groups excluding carboxylic acids is 1. The normalized spacial score (nSPS) is 24.8. The first kappa shape index (κ1) is 12.5. The summed E-state index contributed by atoms with van der Waals surface area (Å²) in [5.41, 5.74) is 0.0126. The first-order valence-electron chi connectivity index (χ1n) is 5.97. The molecule has 0 bridgehead atoms. The van der Waals surface area contributed by atoms with E-state index >= 15 is 0 Å². The summed E-state index contributed by atoms with van der Waals surface area (Å²) >= 11 is 0. The van der Waals surface area contributed by atoms with E-state index in [4.69, 9.17) is 0 Å². The summed E-state index contributed by atoms with van der Waals surface area (Å²) in [6.07, 6.45) is -0.944. The Hall–Kier alpha value is -0.910. The maximum absolute atomic E-state index is 12.2. The van der Waals surface area contributed by atoms with Crippen molar-refractivity contribution in [3.8, 4) is 0 Å². The highest BCUT2D eigenvalue weighted by atomic mass is 19.3. The molecule has 0 aromatic rings. The van der Waals surface area contributed by atoms with Gasteiger partial charge in [-0.05, 0) is 37.8 Å². The fourth-order valence-electron chi connectivity index (χ4n) is 2.90. The molecule has 2 heterocycles. The molecule has 1 amide bonds. The van der Waals surface area contributed by atoms with E-state index in [0.29, 0.717) is 26.2 Å². The molecule has 2 rings (SSSR count). The second-order valence-corrected chi connectivity index (χ2v) is 5.13. The van der Waals surface area contributed by atoms with E-state index in [1.807, 2.05) is 0 Å². The zero-order chi connectivity index (χ0) is 12.5. The summed E-state index contributed by atoms with van der Waals surface area (Å²) in [7, 11) is 0. The Labute approximate surface area is 99.2 Å². The van der Waals surface area contributed by atoms with Crippen LogP contribution in [0.3, 0.4) is 0 Å². The summed E-state index contributed by atoms with van der Waals surface area (Å²) in [5.74, 6) is 0. The zero-order valence-electron chi connectivity index (χ0n) is 9.70. The molecule has 17 heavy (non-hydrogen) atoms. The first-order valence-corrected chi connectivity index (χ1v) is 5.97. The number of hydrogen-bond acceptors (Lipinski definition) is 3. The van der Waals surface area contributed by atoms with E-state index in [-0.39, 0.29) is 12.0 Å². The second-order valence-electron chi connectivity index (χ2n) is 5.13. The van der Waals surface area contributed by atoms with Crippen molar-refractivity contribution in [2.45, 2.75) is 25.7 Å². The summed E-state index contributed by atoms with van der Waals surface area (Å²) < 4.78 is 24.4. The van der Waals surface area contributed by atoms with Crippen LogP contribution in [0.25, 0.3) is 0 Å². The molecule has 0 aliphatic carbocycles. The molecule has 0 aromatic carbocycles. The molecular weight excluding hydrogens is 230 g/mol. The van der Waals surface area contributed by atoms with Crippen molar-refractivity contribution in [1.29, 1.82) is 0 Å². The lowest BCUT2D eigenvalue weighted by Gasteiger charge is -2.39. The van der Waals surface area contributed by atoms with Gasteiger partial charge in [0.1, 0.15) is 6.09 Å². The van der Waals surface area contributed by atoms with Gasteiger partial charge in [-0.25, -0.2) is 8.78 Å². The van der Waals surface area contributed by atoms with Crippen molar-refractivity contribution < 1.29 is 18.7 Å². The minimum atomic E-state index is -2.28. The van der Waals surface area contributed by atoms with Gasteiger partial charge in [-0.1, -0.05) is 0 Å². The lowest BCUT2D eigenvalue weighted by molar-refractivity contribution is -0.264. The Bertz CT molecular complexity index is 291. The molecule has 2 aliphatic rings. The van der Waals surface area contributed by atoms with E-state index in [1.54, 1.807) is 4.90 Å². The number of carbonyl (C=O) groups is 1. The number of alkyl halides is 2. The third-order valence-corrected chi connectivity index (χ3v) is 4.01. The van der Waals surface area contributed by atoms with E-state index in [0.717, 1.165) is 19.3 Å². The first-order chi connectivity index (χ1) is 8.01. The summed E-state index contributed by atoms with van der Waals surface area (Å²) in [5, 5.41) is 10.7. The molecule has 98 valence electrons. The predicted molar refractivity (Wildman–Crippen MR) is 55.7 cm³/mol. The molecule has 0 saturated carbocycles. The van der Waals surface area contributed by atoms with E-state index in [2.05, 4.69) is 0 Å². The number of nitrogens with zero attached hydrogens (tertiary/aromatic N) is 2. The van der Waals surface area contributed by atoms with E-state index in [9.17, 15) is 18.7 Å². The van der Waals surface area contributed by atoms with Gasteiger partial charge in [0.2, 0.25) is 0 Å². The minimum Gasteiger partial charge on any atom is -0.530 e. The highest BCUT2D eigenvalue weighted by Crippen LogP contribution is 2.40. The predicted octanol–water partition coefficient (Wildman–Crippen LogP) is 0.383. The standard InChI is InChI=1S/C11H18F2N2O2/c12-9(13)7-14-4-1-11(2-5-14)3-6-15(8-11)10(16)17/h9H,1-8H2,(H,16,17)/p-1. The summed E-state index contributed by atoms with van der Waals surface area (Å²) in [6.45, 7) is 2.16. The highest BCUT2D eigenvalue weighted by molar-refractivity contribution is 5.63. The average Bonchev–Trinajstić information content (AvgIpc) is 2.66. The Morgan fingerprint density at radius 2 is 1.82 bits per heavy atom. The van der Waals surface area contributed by atoms with Crippen LogP contribution < -0.4 is 5.11 Å². The van der Waals surface area contributed by atoms with Crippen LogP contribution in [-0.2, 0) is 0 Å². The van der Waals surface area contributed by atoms with Crippen molar-refractivity contribution >= 4 is 6.09 Å². The van der Waals surface area contributed by atoms with Crippen molar-refractivity contribution in [1.82, 2.24) is 9.80 Å². The van der Waals surface area contributed by atoms with Crippen LogP contribution in [0.4, 0.5) is 13.6 Å². The average molecular weight is 247 g/mol. The van der Waals surface area contributed by atoms with Crippen LogP contribution in [0.2, 0.25) is 0 Å². The zero-order valence-corrected chi connectivity index (χ0v) is 9.70. The quantitative estimate of drug-likeness (QED) is 0.709. The minimum absolute atomic E-state index is 0.0126. The molecule has 1 spiro atoms. The monoisotopic (exact) mass is 247 g/mol. The number of likely N-dealkylation sites (tertiary alicyclic amines) is 2. The highest BCUT2D eigenvalue weighted by Gasteiger charge is 2.40. The van der Waals surface area contributed by atoms with Gasteiger partial charge >= 0.3 is 0 Å². The Morgan fingerprint density at radius 1 is 1.24 bits per heavy atom. The molecule has 0 aromatic heterocycles. The van der Waals surface area contributed by atoms with Gasteiger partial charge in [0.15, 0.2) is 0 Å². The number of carboxylic acid groups (broad SMARTS) is 1. The number of hydrogen-bond donors (Lipinski definition) is 0. The Morgan fingerprint density at radius 3 is 2.29 bits per heavy atom. The van der Waals surface area contributed by atoms with Crippen LogP contribution in [0.1, 0.15) is 19.3 Å². The fourth-order valence-corrected chi connectivity index (χ4v) is 2.90. The third-order valence-electron chi connectivity index (χ3n) is 4.01. The third kappa shape index (κ3) is 2.86. The maximum Gasteiger partial charge on any atom is 0.251 e. The van der Waals surface area contributed by atoms with Crippen molar-refractivity contribution in [3.05, 3.63) is 0 Å². The van der Waals surface area contributed by atoms with Gasteiger partial charge in [0.25, 0.3) is 6.43 Å². The largest absolute Gasteiger partial charge is 0.530 e. The van der Waals surface area contributed by atoms with Gasteiger partial charge in [-0.3, -0.25) is 4.90 Å².